The molecule has 0 aromatic heterocycles. The van der Waals surface area contributed by atoms with E-state index in [2.05, 4.69) is 24.1 Å². The fourth-order valence-electron chi connectivity index (χ4n) is 1.84. The van der Waals surface area contributed by atoms with Gasteiger partial charge in [0.05, 0.1) is 0 Å². The average molecular weight is 242 g/mol. The first-order chi connectivity index (χ1) is 7.24. The van der Waals surface area contributed by atoms with Crippen LogP contribution in [-0.4, -0.2) is 30.3 Å². The SMILES string of the molecule is CN1CCC(Sc2cccc(Cl)c2)CC1. The van der Waals surface area contributed by atoms with Gasteiger partial charge in [-0.05, 0) is 51.2 Å². The number of rotatable bonds is 2. The van der Waals surface area contributed by atoms with Crippen LogP contribution in [0.4, 0.5) is 0 Å². The third-order valence-corrected chi connectivity index (χ3v) is 4.33. The van der Waals surface area contributed by atoms with Crippen molar-refractivity contribution in [3.05, 3.63) is 29.3 Å². The lowest BCUT2D eigenvalue weighted by Gasteiger charge is -2.28. The first kappa shape index (κ1) is 11.3. The highest BCUT2D eigenvalue weighted by Crippen LogP contribution is 2.31. The maximum Gasteiger partial charge on any atom is 0.0417 e. The van der Waals surface area contributed by atoms with Gasteiger partial charge < -0.3 is 4.90 Å². The van der Waals surface area contributed by atoms with E-state index in [0.29, 0.717) is 0 Å². The third-order valence-electron chi connectivity index (χ3n) is 2.76. The van der Waals surface area contributed by atoms with Crippen LogP contribution in [-0.2, 0) is 0 Å². The minimum atomic E-state index is 0.764. The van der Waals surface area contributed by atoms with Crippen LogP contribution in [0.3, 0.4) is 0 Å². The summed E-state index contributed by atoms with van der Waals surface area (Å²) in [6, 6.07) is 8.17. The molecule has 82 valence electrons. The lowest BCUT2D eigenvalue weighted by atomic mass is 10.1. The Morgan fingerprint density at radius 2 is 2.07 bits per heavy atom. The average Bonchev–Trinajstić information content (AvgIpc) is 2.22. The van der Waals surface area contributed by atoms with Crippen LogP contribution in [0.15, 0.2) is 29.2 Å². The van der Waals surface area contributed by atoms with Crippen LogP contribution in [0.25, 0.3) is 0 Å². The molecule has 1 aliphatic heterocycles. The predicted molar refractivity (Wildman–Crippen MR) is 67.8 cm³/mol. The zero-order valence-corrected chi connectivity index (χ0v) is 10.5. The van der Waals surface area contributed by atoms with Crippen molar-refractivity contribution in [3.63, 3.8) is 0 Å². The molecule has 0 unspecified atom stereocenters. The molecule has 0 saturated carbocycles. The largest absolute Gasteiger partial charge is 0.306 e. The van der Waals surface area contributed by atoms with Crippen molar-refractivity contribution in [2.75, 3.05) is 20.1 Å². The van der Waals surface area contributed by atoms with Gasteiger partial charge in [-0.3, -0.25) is 0 Å². The zero-order chi connectivity index (χ0) is 10.7. The van der Waals surface area contributed by atoms with Crippen molar-refractivity contribution in [2.45, 2.75) is 23.0 Å². The minimum absolute atomic E-state index is 0.764. The van der Waals surface area contributed by atoms with Crippen LogP contribution in [0, 0.1) is 0 Å². The molecule has 0 radical (unpaired) electrons. The van der Waals surface area contributed by atoms with Crippen LogP contribution in [0.1, 0.15) is 12.8 Å². The van der Waals surface area contributed by atoms with Gasteiger partial charge in [-0.1, -0.05) is 17.7 Å². The van der Waals surface area contributed by atoms with Crippen molar-refractivity contribution in [2.24, 2.45) is 0 Å². The van der Waals surface area contributed by atoms with Crippen molar-refractivity contribution in [1.29, 1.82) is 0 Å². The molecule has 1 heterocycles. The Balaban J connectivity index is 1.92. The monoisotopic (exact) mass is 241 g/mol. The molecule has 15 heavy (non-hydrogen) atoms. The fourth-order valence-corrected chi connectivity index (χ4v) is 3.27. The standard InChI is InChI=1S/C12H16ClNS/c1-14-7-5-11(6-8-14)15-12-4-2-3-10(13)9-12/h2-4,9,11H,5-8H2,1H3. The summed E-state index contributed by atoms with van der Waals surface area (Å²) < 4.78 is 0. The minimum Gasteiger partial charge on any atom is -0.306 e. The third kappa shape index (κ3) is 3.40. The zero-order valence-electron chi connectivity index (χ0n) is 8.95. The second-order valence-corrected chi connectivity index (χ2v) is 5.89. The van der Waals surface area contributed by atoms with Crippen molar-refractivity contribution < 1.29 is 0 Å². The van der Waals surface area contributed by atoms with Crippen LogP contribution in [0.2, 0.25) is 5.02 Å². The Morgan fingerprint density at radius 3 is 2.73 bits per heavy atom. The second-order valence-electron chi connectivity index (χ2n) is 4.08. The van der Waals surface area contributed by atoms with Crippen molar-refractivity contribution in [3.8, 4) is 0 Å². The smallest absolute Gasteiger partial charge is 0.0417 e. The summed E-state index contributed by atoms with van der Waals surface area (Å²) in [6.45, 7) is 2.44. The molecule has 3 heteroatoms. The Morgan fingerprint density at radius 1 is 1.33 bits per heavy atom. The van der Waals surface area contributed by atoms with E-state index in [1.165, 1.54) is 30.8 Å². The number of halogens is 1. The van der Waals surface area contributed by atoms with Gasteiger partial charge in [0.15, 0.2) is 0 Å². The topological polar surface area (TPSA) is 3.24 Å². The molecule has 0 spiro atoms. The number of benzene rings is 1. The normalized spacial score (nSPS) is 19.3. The van der Waals surface area contributed by atoms with E-state index in [0.717, 1.165) is 10.3 Å². The lowest BCUT2D eigenvalue weighted by Crippen LogP contribution is -2.31. The highest BCUT2D eigenvalue weighted by Gasteiger charge is 2.17. The summed E-state index contributed by atoms with van der Waals surface area (Å²) in [5, 5.41) is 1.60. The van der Waals surface area contributed by atoms with Crippen LogP contribution < -0.4 is 0 Å². The van der Waals surface area contributed by atoms with Crippen LogP contribution in [0.5, 0.6) is 0 Å². The summed E-state index contributed by atoms with van der Waals surface area (Å²) in [6.07, 6.45) is 2.57. The van der Waals surface area contributed by atoms with Gasteiger partial charge in [-0.15, -0.1) is 11.8 Å². The number of piperidine rings is 1. The molecule has 1 saturated heterocycles. The summed E-state index contributed by atoms with van der Waals surface area (Å²) in [7, 11) is 2.19. The number of nitrogens with zero attached hydrogens (tertiary/aromatic N) is 1. The van der Waals surface area contributed by atoms with Crippen molar-refractivity contribution in [1.82, 2.24) is 4.90 Å². The maximum atomic E-state index is 5.96. The molecule has 1 nitrogen and oxygen atoms in total. The molecule has 1 aromatic rings. The second kappa shape index (κ2) is 5.24. The molecule has 1 aromatic carbocycles. The van der Waals surface area contributed by atoms with E-state index < -0.39 is 0 Å². The Labute approximate surface area is 101 Å². The van der Waals surface area contributed by atoms with E-state index >= 15 is 0 Å². The molecule has 0 N–H and O–H groups in total. The molecular formula is C12H16ClNS. The van der Waals surface area contributed by atoms with E-state index in [1.807, 2.05) is 23.9 Å². The molecule has 0 bridgehead atoms. The lowest BCUT2D eigenvalue weighted by molar-refractivity contribution is 0.282. The number of thioether (sulfide) groups is 1. The summed E-state index contributed by atoms with van der Waals surface area (Å²) in [5.41, 5.74) is 0. The molecule has 0 atom stereocenters. The summed E-state index contributed by atoms with van der Waals surface area (Å²) >= 11 is 7.93. The van der Waals surface area contributed by atoms with Gasteiger partial charge in [0.1, 0.15) is 0 Å². The van der Waals surface area contributed by atoms with E-state index in [4.69, 9.17) is 11.6 Å². The van der Waals surface area contributed by atoms with Gasteiger partial charge >= 0.3 is 0 Å². The van der Waals surface area contributed by atoms with Gasteiger partial charge in [0.2, 0.25) is 0 Å². The van der Waals surface area contributed by atoms with Gasteiger partial charge in [-0.2, -0.15) is 0 Å². The number of hydrogen-bond acceptors (Lipinski definition) is 2. The van der Waals surface area contributed by atoms with Crippen LogP contribution >= 0.6 is 23.4 Å². The van der Waals surface area contributed by atoms with E-state index in [9.17, 15) is 0 Å². The molecule has 2 rings (SSSR count). The van der Waals surface area contributed by atoms with Gasteiger partial charge in [-0.25, -0.2) is 0 Å². The molecular weight excluding hydrogens is 226 g/mol. The Kier molecular flexibility index (Phi) is 3.95. The van der Waals surface area contributed by atoms with Gasteiger partial charge in [0, 0.05) is 15.2 Å². The highest BCUT2D eigenvalue weighted by atomic mass is 35.5. The molecule has 0 amide bonds. The molecule has 0 aliphatic carbocycles. The van der Waals surface area contributed by atoms with E-state index in [-0.39, 0.29) is 0 Å². The quantitative estimate of drug-likeness (QED) is 0.780. The highest BCUT2D eigenvalue weighted by molar-refractivity contribution is 8.00. The first-order valence-corrected chi connectivity index (χ1v) is 6.60. The van der Waals surface area contributed by atoms with Crippen molar-refractivity contribution >= 4 is 23.4 Å². The predicted octanol–water partition coefficient (Wildman–Crippen LogP) is 3.53. The maximum absolute atomic E-state index is 5.96. The number of hydrogen-bond donors (Lipinski definition) is 0. The fraction of sp³-hybridized carbons (Fsp3) is 0.500. The first-order valence-electron chi connectivity index (χ1n) is 5.35. The molecule has 1 fully saturated rings. The molecule has 1 aliphatic rings. The van der Waals surface area contributed by atoms with E-state index in [1.54, 1.807) is 0 Å². The number of likely N-dealkylation sites (tertiary alicyclic amines) is 1. The summed E-state index contributed by atoms with van der Waals surface area (Å²) in [4.78, 5) is 3.70. The van der Waals surface area contributed by atoms with Gasteiger partial charge in [0.25, 0.3) is 0 Å². The summed E-state index contributed by atoms with van der Waals surface area (Å²) in [5.74, 6) is 0. The Bertz CT molecular complexity index is 321. The Hall–Kier alpha value is -0.180.